The molecular weight excluding hydrogens is 393 g/mol. The molecule has 3 rings (SSSR count). The number of carbonyl (C=O) groups is 2. The van der Waals surface area contributed by atoms with Crippen LogP contribution in [0.1, 0.15) is 37.7 Å². The van der Waals surface area contributed by atoms with Gasteiger partial charge in [-0.3, -0.25) is 4.79 Å². The minimum Gasteiger partial charge on any atom is -0.454 e. The van der Waals surface area contributed by atoms with Crippen LogP contribution in [-0.2, 0) is 17.7 Å². The molecule has 0 unspecified atom stereocenters. The lowest BCUT2D eigenvalue weighted by atomic mass is 10.1. The number of ketones is 1. The van der Waals surface area contributed by atoms with Crippen molar-refractivity contribution < 1.29 is 18.7 Å². The first-order chi connectivity index (χ1) is 13.9. The van der Waals surface area contributed by atoms with Gasteiger partial charge in [-0.15, -0.1) is 0 Å². The molecule has 0 fully saturated rings. The summed E-state index contributed by atoms with van der Waals surface area (Å²) in [6.07, 6.45) is 0.795. The molecule has 0 saturated heterocycles. The number of carbonyl (C=O) groups excluding carboxylic acids is 2. The van der Waals surface area contributed by atoms with E-state index in [1.54, 1.807) is 6.07 Å². The predicted molar refractivity (Wildman–Crippen MR) is 110 cm³/mol. The Kier molecular flexibility index (Phi) is 6.49. The smallest absolute Gasteiger partial charge is 0.341 e. The highest BCUT2D eigenvalue weighted by atomic mass is 35.5. The van der Waals surface area contributed by atoms with Crippen LogP contribution in [0.5, 0.6) is 0 Å². The van der Waals surface area contributed by atoms with Crippen molar-refractivity contribution in [1.29, 1.82) is 0 Å². The predicted octanol–water partition coefficient (Wildman–Crippen LogP) is 5.18. The van der Waals surface area contributed by atoms with Crippen molar-refractivity contribution in [1.82, 2.24) is 4.57 Å². The maximum Gasteiger partial charge on any atom is 0.341 e. The van der Waals surface area contributed by atoms with Crippen LogP contribution in [0.15, 0.2) is 54.6 Å². The topological polar surface area (TPSA) is 48.3 Å². The second kappa shape index (κ2) is 9.05. The number of ether oxygens (including phenoxy) is 1. The first kappa shape index (κ1) is 20.8. The van der Waals surface area contributed by atoms with Gasteiger partial charge in [-0.2, -0.15) is 0 Å². The highest BCUT2D eigenvalue weighted by Gasteiger charge is 2.19. The summed E-state index contributed by atoms with van der Waals surface area (Å²) in [5, 5.41) is 0.694. The molecule has 6 heteroatoms. The van der Waals surface area contributed by atoms with Gasteiger partial charge in [0.1, 0.15) is 5.82 Å². The molecule has 4 nitrogen and oxygen atoms in total. The van der Waals surface area contributed by atoms with Gasteiger partial charge in [-0.05, 0) is 56.2 Å². The van der Waals surface area contributed by atoms with Crippen molar-refractivity contribution in [3.8, 4) is 0 Å². The first-order valence-corrected chi connectivity index (χ1v) is 9.60. The Morgan fingerprint density at radius 3 is 2.41 bits per heavy atom. The number of nitrogens with zero attached hydrogens (tertiary/aromatic N) is 1. The van der Waals surface area contributed by atoms with E-state index in [-0.39, 0.29) is 11.3 Å². The fourth-order valence-electron chi connectivity index (χ4n) is 3.23. The molecular formula is C23H21ClFNO3. The number of aromatic nitrogens is 1. The van der Waals surface area contributed by atoms with Crippen LogP contribution in [0.2, 0.25) is 5.02 Å². The molecule has 1 heterocycles. The summed E-state index contributed by atoms with van der Waals surface area (Å²) in [5.41, 5.74) is 3.21. The molecule has 150 valence electrons. The van der Waals surface area contributed by atoms with E-state index >= 15 is 0 Å². The number of benzene rings is 2. The highest BCUT2D eigenvalue weighted by Crippen LogP contribution is 2.18. The summed E-state index contributed by atoms with van der Waals surface area (Å²) in [6.45, 7) is 4.06. The monoisotopic (exact) mass is 413 g/mol. The summed E-state index contributed by atoms with van der Waals surface area (Å²) in [7, 11) is 0. The zero-order chi connectivity index (χ0) is 21.0. The Bertz CT molecular complexity index is 1040. The molecule has 0 saturated carbocycles. The van der Waals surface area contributed by atoms with Crippen molar-refractivity contribution in [3.63, 3.8) is 0 Å². The summed E-state index contributed by atoms with van der Waals surface area (Å²) in [4.78, 5) is 24.6. The van der Waals surface area contributed by atoms with Gasteiger partial charge in [0.15, 0.2) is 6.61 Å². The molecule has 0 atom stereocenters. The molecule has 0 aliphatic carbocycles. The number of halogens is 2. The van der Waals surface area contributed by atoms with Crippen LogP contribution in [0.3, 0.4) is 0 Å². The molecule has 2 aromatic carbocycles. The van der Waals surface area contributed by atoms with Gasteiger partial charge in [0.25, 0.3) is 0 Å². The van der Waals surface area contributed by atoms with E-state index in [1.165, 1.54) is 24.3 Å². The minimum atomic E-state index is -0.854. The van der Waals surface area contributed by atoms with Gasteiger partial charge in [0.05, 0.1) is 5.56 Å². The SMILES string of the molecule is Cc1cc(C(=O)COC(=O)c2ccccc2F)c(C)n1CCc1ccc(Cl)cc1. The molecule has 29 heavy (non-hydrogen) atoms. The largest absolute Gasteiger partial charge is 0.454 e. The molecule has 0 bridgehead atoms. The van der Waals surface area contributed by atoms with Crippen LogP contribution in [0.25, 0.3) is 0 Å². The normalized spacial score (nSPS) is 10.8. The summed E-state index contributed by atoms with van der Waals surface area (Å²) < 4.78 is 20.7. The third-order valence-electron chi connectivity index (χ3n) is 4.84. The molecule has 0 aliphatic heterocycles. The van der Waals surface area contributed by atoms with Gasteiger partial charge in [-0.1, -0.05) is 35.9 Å². The van der Waals surface area contributed by atoms with E-state index in [0.717, 1.165) is 23.4 Å². The van der Waals surface area contributed by atoms with Crippen LogP contribution in [0, 0.1) is 19.7 Å². The Labute approximate surface area is 173 Å². The van der Waals surface area contributed by atoms with Crippen molar-refractivity contribution in [2.45, 2.75) is 26.8 Å². The number of aryl methyl sites for hydroxylation is 2. The molecule has 0 radical (unpaired) electrons. The lowest BCUT2D eigenvalue weighted by Gasteiger charge is -2.10. The first-order valence-electron chi connectivity index (χ1n) is 9.23. The molecule has 1 aromatic heterocycles. The van der Waals surface area contributed by atoms with Crippen molar-refractivity contribution >= 4 is 23.4 Å². The van der Waals surface area contributed by atoms with Gasteiger partial charge < -0.3 is 9.30 Å². The van der Waals surface area contributed by atoms with Crippen LogP contribution >= 0.6 is 11.6 Å². The molecule has 3 aromatic rings. The van der Waals surface area contributed by atoms with E-state index in [9.17, 15) is 14.0 Å². The van der Waals surface area contributed by atoms with E-state index in [2.05, 4.69) is 4.57 Å². The maximum atomic E-state index is 13.7. The average molecular weight is 414 g/mol. The van der Waals surface area contributed by atoms with E-state index in [4.69, 9.17) is 16.3 Å². The summed E-state index contributed by atoms with van der Waals surface area (Å²) in [6, 6.07) is 15.0. The zero-order valence-electron chi connectivity index (χ0n) is 16.2. The minimum absolute atomic E-state index is 0.186. The van der Waals surface area contributed by atoms with Crippen molar-refractivity contribution in [2.75, 3.05) is 6.61 Å². The van der Waals surface area contributed by atoms with Gasteiger partial charge in [0.2, 0.25) is 5.78 Å². The van der Waals surface area contributed by atoms with Crippen LogP contribution < -0.4 is 0 Å². The third kappa shape index (κ3) is 4.93. The Morgan fingerprint density at radius 2 is 1.72 bits per heavy atom. The van der Waals surface area contributed by atoms with E-state index in [0.29, 0.717) is 17.1 Å². The number of esters is 1. The maximum absolute atomic E-state index is 13.7. The van der Waals surface area contributed by atoms with Crippen molar-refractivity contribution in [2.24, 2.45) is 0 Å². The summed E-state index contributed by atoms with van der Waals surface area (Å²) >= 11 is 5.92. The molecule has 0 aliphatic rings. The lowest BCUT2D eigenvalue weighted by molar-refractivity contribution is 0.0470. The van der Waals surface area contributed by atoms with Gasteiger partial charge in [0, 0.05) is 28.5 Å². The Morgan fingerprint density at radius 1 is 1.03 bits per heavy atom. The molecule has 0 spiro atoms. The Balaban J connectivity index is 1.65. The molecule has 0 amide bonds. The van der Waals surface area contributed by atoms with Crippen molar-refractivity contribution in [3.05, 3.63) is 93.5 Å². The number of rotatable bonds is 7. The van der Waals surface area contributed by atoms with E-state index < -0.39 is 18.4 Å². The fraction of sp³-hybridized carbons (Fsp3) is 0.217. The Hall–Kier alpha value is -2.92. The fourth-order valence-corrected chi connectivity index (χ4v) is 3.36. The van der Waals surface area contributed by atoms with E-state index in [1.807, 2.05) is 38.1 Å². The average Bonchev–Trinajstić information content (AvgIpc) is 2.99. The zero-order valence-corrected chi connectivity index (χ0v) is 17.0. The summed E-state index contributed by atoms with van der Waals surface area (Å²) in [5.74, 6) is -1.85. The van der Waals surface area contributed by atoms with Crippen LogP contribution in [-0.4, -0.2) is 22.9 Å². The van der Waals surface area contributed by atoms with Gasteiger partial charge >= 0.3 is 5.97 Å². The standard InChI is InChI=1S/C23H21ClFNO3/c1-15-13-20(16(2)26(15)12-11-17-7-9-18(24)10-8-17)22(27)14-29-23(28)19-5-3-4-6-21(19)25/h3-10,13H,11-12,14H2,1-2H3. The number of hydrogen-bond donors (Lipinski definition) is 0. The third-order valence-corrected chi connectivity index (χ3v) is 5.09. The van der Waals surface area contributed by atoms with Crippen LogP contribution in [0.4, 0.5) is 4.39 Å². The second-order valence-electron chi connectivity index (χ2n) is 6.79. The number of Topliss-reactive ketones (excluding diaryl/α,β-unsaturated/α-hetero) is 1. The quantitative estimate of drug-likeness (QED) is 0.396. The lowest BCUT2D eigenvalue weighted by Crippen LogP contribution is -2.16. The second-order valence-corrected chi connectivity index (χ2v) is 7.23. The highest BCUT2D eigenvalue weighted by molar-refractivity contribution is 6.30. The number of hydrogen-bond acceptors (Lipinski definition) is 3. The van der Waals surface area contributed by atoms with Gasteiger partial charge in [-0.25, -0.2) is 9.18 Å². The molecule has 0 N–H and O–H groups in total.